The molecule has 1 aliphatic rings. The Labute approximate surface area is 170 Å². The molecule has 5 rings (SSSR count). The van der Waals surface area contributed by atoms with Crippen molar-refractivity contribution < 1.29 is 4.79 Å². The van der Waals surface area contributed by atoms with Crippen molar-refractivity contribution in [1.82, 2.24) is 0 Å². The van der Waals surface area contributed by atoms with Crippen LogP contribution in [0.5, 0.6) is 0 Å². The van der Waals surface area contributed by atoms with Crippen LogP contribution in [0.15, 0.2) is 115 Å². The van der Waals surface area contributed by atoms with E-state index in [1.165, 1.54) is 0 Å². The topological polar surface area (TPSA) is 29.1 Å². The van der Waals surface area contributed by atoms with Crippen molar-refractivity contribution in [2.24, 2.45) is 0 Å². The van der Waals surface area contributed by atoms with Crippen LogP contribution in [0.2, 0.25) is 0 Å². The van der Waals surface area contributed by atoms with Gasteiger partial charge in [-0.25, -0.2) is 0 Å². The standard InChI is InChI=1S/C27H21NO/c29-26(21-14-6-2-7-15-21)27(22-16-8-3-9-17-22)23-18-10-11-19-24(23)28-25(27)20-12-4-1-5-13-20/h1-19,25,28H/t25-,27-/m0/s1. The number of para-hydroxylation sites is 1. The van der Waals surface area contributed by atoms with Crippen LogP contribution in [0.25, 0.3) is 0 Å². The summed E-state index contributed by atoms with van der Waals surface area (Å²) in [7, 11) is 0. The summed E-state index contributed by atoms with van der Waals surface area (Å²) < 4.78 is 0. The molecule has 0 aliphatic carbocycles. The number of Topliss-reactive ketones (excluding diaryl/α,β-unsaturated/α-hetero) is 1. The summed E-state index contributed by atoms with van der Waals surface area (Å²) in [4.78, 5) is 14.3. The van der Waals surface area contributed by atoms with E-state index < -0.39 is 5.41 Å². The Hall–Kier alpha value is -3.65. The van der Waals surface area contributed by atoms with Gasteiger partial charge < -0.3 is 5.32 Å². The summed E-state index contributed by atoms with van der Waals surface area (Å²) >= 11 is 0. The Kier molecular flexibility index (Phi) is 4.25. The average molecular weight is 375 g/mol. The molecule has 0 bridgehead atoms. The molecule has 0 saturated carbocycles. The normalized spacial score (nSPS) is 19.9. The Morgan fingerprint density at radius 1 is 0.655 bits per heavy atom. The van der Waals surface area contributed by atoms with Gasteiger partial charge in [0.05, 0.1) is 6.04 Å². The number of benzene rings is 4. The van der Waals surface area contributed by atoms with Gasteiger partial charge in [-0.15, -0.1) is 0 Å². The lowest BCUT2D eigenvalue weighted by Crippen LogP contribution is -2.41. The van der Waals surface area contributed by atoms with E-state index in [9.17, 15) is 4.79 Å². The van der Waals surface area contributed by atoms with Gasteiger partial charge >= 0.3 is 0 Å². The molecule has 0 saturated heterocycles. The minimum absolute atomic E-state index is 0.107. The fraction of sp³-hybridized carbons (Fsp3) is 0.0741. The molecule has 4 aromatic rings. The highest BCUT2D eigenvalue weighted by Crippen LogP contribution is 2.54. The number of carbonyl (C=O) groups is 1. The minimum atomic E-state index is -0.847. The first-order valence-electron chi connectivity index (χ1n) is 9.88. The number of anilines is 1. The largest absolute Gasteiger partial charge is 0.376 e. The highest BCUT2D eigenvalue weighted by Gasteiger charge is 2.54. The summed E-state index contributed by atoms with van der Waals surface area (Å²) in [5, 5.41) is 3.67. The maximum atomic E-state index is 14.3. The molecule has 1 aliphatic heterocycles. The summed E-state index contributed by atoms with van der Waals surface area (Å²) in [5.74, 6) is 0.107. The zero-order valence-electron chi connectivity index (χ0n) is 16.0. The van der Waals surface area contributed by atoms with Crippen molar-refractivity contribution in [3.05, 3.63) is 138 Å². The van der Waals surface area contributed by atoms with Crippen LogP contribution in [-0.2, 0) is 5.41 Å². The Bertz CT molecular complexity index is 1140. The first-order valence-corrected chi connectivity index (χ1v) is 9.88. The third-order valence-electron chi connectivity index (χ3n) is 5.84. The lowest BCUT2D eigenvalue weighted by Gasteiger charge is -2.35. The molecular weight excluding hydrogens is 354 g/mol. The van der Waals surface area contributed by atoms with Crippen LogP contribution < -0.4 is 5.32 Å². The van der Waals surface area contributed by atoms with Crippen molar-refractivity contribution in [3.63, 3.8) is 0 Å². The van der Waals surface area contributed by atoms with Crippen LogP contribution in [-0.4, -0.2) is 5.78 Å². The summed E-state index contributed by atoms with van der Waals surface area (Å²) in [6, 6.07) is 38.0. The third kappa shape index (κ3) is 2.68. The number of fused-ring (bicyclic) bond motifs is 1. The van der Waals surface area contributed by atoms with Gasteiger partial charge in [0.15, 0.2) is 5.78 Å². The smallest absolute Gasteiger partial charge is 0.180 e. The van der Waals surface area contributed by atoms with E-state index in [0.29, 0.717) is 0 Å². The Morgan fingerprint density at radius 3 is 1.90 bits per heavy atom. The number of rotatable bonds is 4. The lowest BCUT2D eigenvalue weighted by atomic mass is 9.65. The molecule has 0 aromatic heterocycles. The molecule has 2 heteroatoms. The molecule has 140 valence electrons. The molecule has 4 aromatic carbocycles. The Balaban J connectivity index is 1.84. The Morgan fingerprint density at radius 2 is 1.21 bits per heavy atom. The van der Waals surface area contributed by atoms with Gasteiger partial charge in [-0.1, -0.05) is 109 Å². The predicted octanol–water partition coefficient (Wildman–Crippen LogP) is 6.02. The minimum Gasteiger partial charge on any atom is -0.376 e. The highest BCUT2D eigenvalue weighted by molar-refractivity contribution is 6.09. The molecule has 1 N–H and O–H groups in total. The molecule has 0 fully saturated rings. The number of hydrogen-bond acceptors (Lipinski definition) is 2. The van der Waals surface area contributed by atoms with E-state index >= 15 is 0 Å². The molecule has 0 radical (unpaired) electrons. The zero-order valence-corrected chi connectivity index (χ0v) is 16.0. The van der Waals surface area contributed by atoms with Gasteiger partial charge in [0.25, 0.3) is 0 Å². The van der Waals surface area contributed by atoms with Crippen molar-refractivity contribution in [2.75, 3.05) is 5.32 Å². The summed E-state index contributed by atoms with van der Waals surface area (Å²) in [6.45, 7) is 0. The molecule has 2 atom stereocenters. The number of hydrogen-bond donors (Lipinski definition) is 1. The second kappa shape index (κ2) is 7.06. The molecule has 29 heavy (non-hydrogen) atoms. The zero-order chi connectivity index (χ0) is 19.7. The third-order valence-corrected chi connectivity index (χ3v) is 5.84. The number of nitrogens with one attached hydrogen (secondary N) is 1. The fourth-order valence-electron chi connectivity index (χ4n) is 4.58. The second-order valence-corrected chi connectivity index (χ2v) is 7.40. The van der Waals surface area contributed by atoms with E-state index in [2.05, 4.69) is 41.7 Å². The maximum absolute atomic E-state index is 14.3. The predicted molar refractivity (Wildman–Crippen MR) is 117 cm³/mol. The SMILES string of the molecule is O=C(c1ccccc1)[C@@]1(c2ccccc2)c2ccccc2N[C@H]1c1ccccc1. The van der Waals surface area contributed by atoms with Crippen LogP contribution in [0.1, 0.15) is 33.1 Å². The summed E-state index contributed by atoms with van der Waals surface area (Å²) in [5.41, 5.74) is 4.00. The monoisotopic (exact) mass is 375 g/mol. The maximum Gasteiger partial charge on any atom is 0.180 e. The number of carbonyl (C=O) groups excluding carboxylic acids is 1. The fourth-order valence-corrected chi connectivity index (χ4v) is 4.58. The summed E-state index contributed by atoms with van der Waals surface area (Å²) in [6.07, 6.45) is 0. The van der Waals surface area contributed by atoms with E-state index in [4.69, 9.17) is 0 Å². The first-order chi connectivity index (χ1) is 14.3. The molecule has 0 spiro atoms. The van der Waals surface area contributed by atoms with Crippen molar-refractivity contribution in [1.29, 1.82) is 0 Å². The van der Waals surface area contributed by atoms with Crippen LogP contribution in [0.3, 0.4) is 0 Å². The van der Waals surface area contributed by atoms with Crippen LogP contribution in [0, 0.1) is 0 Å². The average Bonchev–Trinajstić information content (AvgIpc) is 3.16. The van der Waals surface area contributed by atoms with Gasteiger partial charge in [0, 0.05) is 11.3 Å². The van der Waals surface area contributed by atoms with Gasteiger partial charge in [-0.2, -0.15) is 0 Å². The van der Waals surface area contributed by atoms with Gasteiger partial charge in [0.2, 0.25) is 0 Å². The van der Waals surface area contributed by atoms with E-state index in [1.54, 1.807) is 0 Å². The van der Waals surface area contributed by atoms with E-state index in [-0.39, 0.29) is 11.8 Å². The van der Waals surface area contributed by atoms with Gasteiger partial charge in [-0.05, 0) is 22.8 Å². The molecular formula is C27H21NO. The van der Waals surface area contributed by atoms with E-state index in [1.807, 2.05) is 78.9 Å². The van der Waals surface area contributed by atoms with Crippen molar-refractivity contribution in [3.8, 4) is 0 Å². The van der Waals surface area contributed by atoms with Gasteiger partial charge in [-0.3, -0.25) is 4.79 Å². The van der Waals surface area contributed by atoms with Crippen LogP contribution in [0.4, 0.5) is 5.69 Å². The molecule has 1 heterocycles. The molecule has 2 nitrogen and oxygen atoms in total. The quantitative estimate of drug-likeness (QED) is 0.442. The van der Waals surface area contributed by atoms with Crippen molar-refractivity contribution in [2.45, 2.75) is 11.5 Å². The second-order valence-electron chi connectivity index (χ2n) is 7.40. The van der Waals surface area contributed by atoms with Crippen molar-refractivity contribution >= 4 is 11.5 Å². The first kappa shape index (κ1) is 17.4. The number of ketones is 1. The lowest BCUT2D eigenvalue weighted by molar-refractivity contribution is 0.0902. The van der Waals surface area contributed by atoms with Gasteiger partial charge in [0.1, 0.15) is 5.41 Å². The molecule has 0 unspecified atom stereocenters. The van der Waals surface area contributed by atoms with Crippen LogP contribution >= 0.6 is 0 Å². The highest BCUT2D eigenvalue weighted by atomic mass is 16.1. The van der Waals surface area contributed by atoms with E-state index in [0.717, 1.165) is 27.9 Å². The molecule has 0 amide bonds.